The monoisotopic (exact) mass is 391 g/mol. The molecule has 5 nitrogen and oxygen atoms in total. The summed E-state index contributed by atoms with van der Waals surface area (Å²) in [6.45, 7) is 2.78. The molecule has 0 aliphatic rings. The SMILES string of the molecule is CCc1cccc(OCC(=O)Nc2ccccc2OCCOc2ccccc2)c1. The van der Waals surface area contributed by atoms with Crippen molar-refractivity contribution in [2.24, 2.45) is 0 Å². The van der Waals surface area contributed by atoms with Crippen molar-refractivity contribution in [1.82, 2.24) is 0 Å². The maximum Gasteiger partial charge on any atom is 0.262 e. The molecule has 3 aromatic carbocycles. The van der Waals surface area contributed by atoms with E-state index >= 15 is 0 Å². The van der Waals surface area contributed by atoms with E-state index in [0.717, 1.165) is 12.2 Å². The number of carbonyl (C=O) groups excluding carboxylic acids is 1. The molecule has 0 aliphatic carbocycles. The predicted octanol–water partition coefficient (Wildman–Crippen LogP) is 4.72. The van der Waals surface area contributed by atoms with Gasteiger partial charge in [0.05, 0.1) is 5.69 Å². The highest BCUT2D eigenvalue weighted by molar-refractivity contribution is 5.93. The zero-order valence-corrected chi connectivity index (χ0v) is 16.5. The summed E-state index contributed by atoms with van der Waals surface area (Å²) in [6, 6.07) is 24.6. The summed E-state index contributed by atoms with van der Waals surface area (Å²) in [5.74, 6) is 1.82. The Bertz CT molecular complexity index is 912. The van der Waals surface area contributed by atoms with E-state index in [9.17, 15) is 4.79 Å². The Hall–Kier alpha value is -3.47. The first-order valence-corrected chi connectivity index (χ1v) is 9.66. The largest absolute Gasteiger partial charge is 0.490 e. The minimum absolute atomic E-state index is 0.0708. The number of para-hydroxylation sites is 3. The zero-order chi connectivity index (χ0) is 20.3. The number of hydrogen-bond donors (Lipinski definition) is 1. The highest BCUT2D eigenvalue weighted by Gasteiger charge is 2.09. The van der Waals surface area contributed by atoms with Gasteiger partial charge in [-0.1, -0.05) is 49.4 Å². The summed E-state index contributed by atoms with van der Waals surface area (Å²) in [5.41, 5.74) is 1.77. The molecule has 0 aliphatic heterocycles. The summed E-state index contributed by atoms with van der Waals surface area (Å²) in [7, 11) is 0. The van der Waals surface area contributed by atoms with Crippen LogP contribution >= 0.6 is 0 Å². The molecule has 0 radical (unpaired) electrons. The van der Waals surface area contributed by atoms with Crippen molar-refractivity contribution in [3.63, 3.8) is 0 Å². The van der Waals surface area contributed by atoms with E-state index in [1.165, 1.54) is 5.56 Å². The topological polar surface area (TPSA) is 56.8 Å². The first kappa shape index (κ1) is 20.3. The van der Waals surface area contributed by atoms with Crippen LogP contribution in [0.1, 0.15) is 12.5 Å². The predicted molar refractivity (Wildman–Crippen MR) is 114 cm³/mol. The summed E-state index contributed by atoms with van der Waals surface area (Å²) < 4.78 is 17.0. The van der Waals surface area contributed by atoms with Crippen LogP contribution in [0.4, 0.5) is 5.69 Å². The Kier molecular flexibility index (Phi) is 7.52. The van der Waals surface area contributed by atoms with Gasteiger partial charge in [0.1, 0.15) is 30.5 Å². The summed E-state index contributed by atoms with van der Waals surface area (Å²) in [4.78, 5) is 12.3. The Balaban J connectivity index is 1.48. The van der Waals surface area contributed by atoms with Crippen LogP contribution in [0.3, 0.4) is 0 Å². The standard InChI is InChI=1S/C24H25NO4/c1-2-19-9-8-12-21(17-19)29-18-24(26)25-22-13-6-7-14-23(22)28-16-15-27-20-10-4-3-5-11-20/h3-14,17H,2,15-16,18H2,1H3,(H,25,26). The second-order valence-corrected chi connectivity index (χ2v) is 6.34. The molecule has 0 fully saturated rings. The lowest BCUT2D eigenvalue weighted by molar-refractivity contribution is -0.118. The van der Waals surface area contributed by atoms with Crippen LogP contribution in [0.5, 0.6) is 17.2 Å². The lowest BCUT2D eigenvalue weighted by atomic mass is 10.2. The molecule has 3 rings (SSSR count). The molecule has 0 saturated heterocycles. The van der Waals surface area contributed by atoms with Crippen molar-refractivity contribution in [3.05, 3.63) is 84.4 Å². The van der Waals surface area contributed by atoms with Crippen LogP contribution in [0.15, 0.2) is 78.9 Å². The summed E-state index contributed by atoms with van der Waals surface area (Å²) in [6.07, 6.45) is 0.919. The van der Waals surface area contributed by atoms with E-state index in [0.29, 0.717) is 30.4 Å². The second-order valence-electron chi connectivity index (χ2n) is 6.34. The fourth-order valence-corrected chi connectivity index (χ4v) is 2.71. The van der Waals surface area contributed by atoms with Crippen LogP contribution in [-0.4, -0.2) is 25.7 Å². The number of nitrogens with one attached hydrogen (secondary N) is 1. The second kappa shape index (κ2) is 10.8. The van der Waals surface area contributed by atoms with Crippen LogP contribution in [0.25, 0.3) is 0 Å². The smallest absolute Gasteiger partial charge is 0.262 e. The number of ether oxygens (including phenoxy) is 3. The number of amides is 1. The van der Waals surface area contributed by atoms with E-state index in [2.05, 4.69) is 12.2 Å². The van der Waals surface area contributed by atoms with Crippen molar-refractivity contribution in [2.75, 3.05) is 25.1 Å². The lowest BCUT2D eigenvalue weighted by Gasteiger charge is -2.13. The van der Waals surface area contributed by atoms with Gasteiger partial charge in [0.15, 0.2) is 6.61 Å². The third kappa shape index (κ3) is 6.57. The molecule has 0 bridgehead atoms. The van der Waals surface area contributed by atoms with Gasteiger partial charge in [-0.15, -0.1) is 0 Å². The molecular formula is C24H25NO4. The summed E-state index contributed by atoms with van der Waals surface area (Å²) >= 11 is 0. The number of benzene rings is 3. The molecule has 5 heteroatoms. The molecule has 1 N–H and O–H groups in total. The van der Waals surface area contributed by atoms with Crippen molar-refractivity contribution >= 4 is 11.6 Å². The molecule has 150 valence electrons. The molecular weight excluding hydrogens is 366 g/mol. The number of rotatable bonds is 10. The number of anilines is 1. The van der Waals surface area contributed by atoms with Crippen LogP contribution in [0.2, 0.25) is 0 Å². The minimum Gasteiger partial charge on any atom is -0.490 e. The number of hydrogen-bond acceptors (Lipinski definition) is 4. The highest BCUT2D eigenvalue weighted by Crippen LogP contribution is 2.24. The molecule has 0 atom stereocenters. The Labute approximate surface area is 171 Å². The van der Waals surface area contributed by atoms with Gasteiger partial charge in [0.25, 0.3) is 5.91 Å². The van der Waals surface area contributed by atoms with Crippen molar-refractivity contribution in [1.29, 1.82) is 0 Å². The van der Waals surface area contributed by atoms with Gasteiger partial charge in [-0.3, -0.25) is 4.79 Å². The van der Waals surface area contributed by atoms with Gasteiger partial charge < -0.3 is 19.5 Å². The van der Waals surface area contributed by atoms with Gasteiger partial charge >= 0.3 is 0 Å². The van der Waals surface area contributed by atoms with Gasteiger partial charge in [0.2, 0.25) is 0 Å². The fraction of sp³-hybridized carbons (Fsp3) is 0.208. The van der Waals surface area contributed by atoms with Crippen molar-refractivity contribution < 1.29 is 19.0 Å². The van der Waals surface area contributed by atoms with E-state index < -0.39 is 0 Å². The molecule has 0 heterocycles. The quantitative estimate of drug-likeness (QED) is 0.508. The van der Waals surface area contributed by atoms with E-state index in [-0.39, 0.29) is 12.5 Å². The number of carbonyl (C=O) groups is 1. The van der Waals surface area contributed by atoms with Gasteiger partial charge in [-0.2, -0.15) is 0 Å². The zero-order valence-electron chi connectivity index (χ0n) is 16.5. The minimum atomic E-state index is -0.247. The van der Waals surface area contributed by atoms with E-state index in [1.807, 2.05) is 72.8 Å². The van der Waals surface area contributed by atoms with Crippen LogP contribution < -0.4 is 19.5 Å². The van der Waals surface area contributed by atoms with Crippen molar-refractivity contribution in [3.8, 4) is 17.2 Å². The average Bonchev–Trinajstić information content (AvgIpc) is 2.77. The van der Waals surface area contributed by atoms with E-state index in [1.54, 1.807) is 6.07 Å². The molecule has 0 spiro atoms. The van der Waals surface area contributed by atoms with Crippen LogP contribution in [-0.2, 0) is 11.2 Å². The molecule has 0 aromatic heterocycles. The maximum absolute atomic E-state index is 12.3. The maximum atomic E-state index is 12.3. The van der Waals surface area contributed by atoms with Gasteiger partial charge in [0, 0.05) is 0 Å². The summed E-state index contributed by atoms with van der Waals surface area (Å²) in [5, 5.41) is 2.84. The highest BCUT2D eigenvalue weighted by atomic mass is 16.5. The van der Waals surface area contributed by atoms with Crippen LogP contribution in [0, 0.1) is 0 Å². The lowest BCUT2D eigenvalue weighted by Crippen LogP contribution is -2.21. The Morgan fingerprint density at radius 3 is 2.34 bits per heavy atom. The molecule has 1 amide bonds. The molecule has 29 heavy (non-hydrogen) atoms. The normalized spacial score (nSPS) is 10.2. The number of aryl methyl sites for hydroxylation is 1. The molecule has 0 unspecified atom stereocenters. The van der Waals surface area contributed by atoms with Gasteiger partial charge in [-0.05, 0) is 48.4 Å². The third-order valence-electron chi connectivity index (χ3n) is 4.19. The molecule has 3 aromatic rings. The van der Waals surface area contributed by atoms with E-state index in [4.69, 9.17) is 14.2 Å². The van der Waals surface area contributed by atoms with Gasteiger partial charge in [-0.25, -0.2) is 0 Å². The fourth-order valence-electron chi connectivity index (χ4n) is 2.71. The third-order valence-corrected chi connectivity index (χ3v) is 4.19. The first-order chi connectivity index (χ1) is 14.2. The van der Waals surface area contributed by atoms with Crippen molar-refractivity contribution in [2.45, 2.75) is 13.3 Å². The average molecular weight is 391 g/mol. The molecule has 0 saturated carbocycles. The Morgan fingerprint density at radius 1 is 0.793 bits per heavy atom. The first-order valence-electron chi connectivity index (χ1n) is 9.66. The Morgan fingerprint density at radius 2 is 1.52 bits per heavy atom.